The van der Waals surface area contributed by atoms with E-state index >= 15 is 0 Å². The molecule has 2 heterocycles. The van der Waals surface area contributed by atoms with Gasteiger partial charge in [0.25, 0.3) is 0 Å². The predicted octanol–water partition coefficient (Wildman–Crippen LogP) is 2.26. The summed E-state index contributed by atoms with van der Waals surface area (Å²) in [7, 11) is 2.93. The van der Waals surface area contributed by atoms with Crippen LogP contribution in [0.2, 0.25) is 0 Å². The zero-order valence-corrected chi connectivity index (χ0v) is 22.2. The van der Waals surface area contributed by atoms with Crippen LogP contribution in [0.3, 0.4) is 0 Å². The number of hydrogen-bond acceptors (Lipinski definition) is 9. The molecule has 0 aromatic carbocycles. The number of amides is 2. The van der Waals surface area contributed by atoms with Crippen LogP contribution in [0.1, 0.15) is 67.2 Å². The van der Waals surface area contributed by atoms with Crippen molar-refractivity contribution in [2.24, 2.45) is 5.92 Å². The first-order valence-corrected chi connectivity index (χ1v) is 12.1. The zero-order chi connectivity index (χ0) is 26.4. The van der Waals surface area contributed by atoms with Crippen molar-refractivity contribution < 1.29 is 42.8 Å². The summed E-state index contributed by atoms with van der Waals surface area (Å²) in [4.78, 5) is 36.3. The molecule has 2 aliphatic heterocycles. The Morgan fingerprint density at radius 1 is 1.09 bits per heavy atom. The van der Waals surface area contributed by atoms with Crippen molar-refractivity contribution >= 4 is 18.0 Å². The van der Waals surface area contributed by atoms with Crippen molar-refractivity contribution in [3.05, 3.63) is 0 Å². The fourth-order valence-corrected chi connectivity index (χ4v) is 4.38. The molecule has 0 aromatic rings. The first-order chi connectivity index (χ1) is 16.3. The lowest BCUT2D eigenvalue weighted by molar-refractivity contribution is -0.243. The van der Waals surface area contributed by atoms with Crippen LogP contribution in [0.15, 0.2) is 0 Å². The summed E-state index contributed by atoms with van der Waals surface area (Å²) in [6.45, 7) is 11.3. The van der Waals surface area contributed by atoms with E-state index in [2.05, 4.69) is 15.4 Å². The lowest BCUT2D eigenvalue weighted by Gasteiger charge is -2.44. The van der Waals surface area contributed by atoms with Gasteiger partial charge in [0, 0.05) is 32.4 Å². The molecule has 1 unspecified atom stereocenters. The second-order valence-corrected chi connectivity index (χ2v) is 10.4. The van der Waals surface area contributed by atoms with Crippen molar-refractivity contribution in [2.45, 2.75) is 109 Å². The summed E-state index contributed by atoms with van der Waals surface area (Å²) in [5.74, 6) is -1.53. The molecule has 0 aliphatic carbocycles. The van der Waals surface area contributed by atoms with Crippen molar-refractivity contribution in [3.8, 4) is 0 Å². The molecule has 2 N–H and O–H groups in total. The van der Waals surface area contributed by atoms with Crippen LogP contribution in [-0.2, 0) is 38.0 Å². The summed E-state index contributed by atoms with van der Waals surface area (Å²) >= 11 is 0. The van der Waals surface area contributed by atoms with Crippen molar-refractivity contribution in [2.75, 3.05) is 20.8 Å². The highest BCUT2D eigenvalue weighted by Gasteiger charge is 2.55. The van der Waals surface area contributed by atoms with Crippen LogP contribution in [-0.4, -0.2) is 80.8 Å². The highest BCUT2D eigenvalue weighted by atomic mass is 16.8. The van der Waals surface area contributed by atoms with Gasteiger partial charge in [0.2, 0.25) is 5.91 Å². The van der Waals surface area contributed by atoms with E-state index in [4.69, 9.17) is 23.7 Å². The molecule has 2 amide bonds. The minimum Gasteiger partial charge on any atom is -0.469 e. The summed E-state index contributed by atoms with van der Waals surface area (Å²) in [6, 6.07) is -0.549. The first kappa shape index (κ1) is 29.3. The van der Waals surface area contributed by atoms with Gasteiger partial charge in [-0.3, -0.25) is 9.59 Å². The van der Waals surface area contributed by atoms with Gasteiger partial charge < -0.3 is 39.1 Å². The molecule has 11 heteroatoms. The van der Waals surface area contributed by atoms with Crippen molar-refractivity contribution in [1.82, 2.24) is 10.6 Å². The van der Waals surface area contributed by atoms with Crippen LogP contribution < -0.4 is 10.6 Å². The molecule has 0 saturated carbocycles. The van der Waals surface area contributed by atoms with Gasteiger partial charge in [-0.15, -0.1) is 0 Å². The number of methoxy groups -OCH3 is 2. The Morgan fingerprint density at radius 2 is 1.77 bits per heavy atom. The van der Waals surface area contributed by atoms with Gasteiger partial charge in [-0.2, -0.15) is 0 Å². The highest BCUT2D eigenvalue weighted by molar-refractivity contribution is 5.76. The van der Waals surface area contributed by atoms with E-state index in [1.54, 1.807) is 27.9 Å². The molecule has 2 fully saturated rings. The van der Waals surface area contributed by atoms with Gasteiger partial charge in [0.1, 0.15) is 11.7 Å². The average molecular weight is 503 g/mol. The lowest BCUT2D eigenvalue weighted by atomic mass is 9.85. The van der Waals surface area contributed by atoms with Crippen LogP contribution in [0, 0.1) is 5.92 Å². The maximum Gasteiger partial charge on any atom is 0.407 e. The van der Waals surface area contributed by atoms with Gasteiger partial charge in [-0.05, 0) is 47.5 Å². The van der Waals surface area contributed by atoms with Gasteiger partial charge in [0.15, 0.2) is 12.1 Å². The fraction of sp³-hybridized carbons (Fsp3) is 0.875. The molecule has 0 aromatic heterocycles. The molecule has 35 heavy (non-hydrogen) atoms. The summed E-state index contributed by atoms with van der Waals surface area (Å²) in [5.41, 5.74) is -0.683. The Kier molecular flexibility index (Phi) is 10.3. The SMILES string of the molecule is COC(=O)CCCNC(=O)CC[C@@H](NC(=O)OC(C)(C)C)C1O[C@@H]2OC(C)(C)O[C@@H]2[C@@H](OC)[C@@H]1C. The van der Waals surface area contributed by atoms with Gasteiger partial charge in [0.05, 0.1) is 25.4 Å². The average Bonchev–Trinajstić information content (AvgIpc) is 3.05. The minimum atomic E-state index is -0.834. The molecule has 2 aliphatic rings. The van der Waals surface area contributed by atoms with E-state index in [1.165, 1.54) is 7.11 Å². The number of alkyl carbamates (subject to hydrolysis) is 1. The topological polar surface area (TPSA) is 131 Å². The Labute approximate surface area is 207 Å². The highest BCUT2D eigenvalue weighted by Crippen LogP contribution is 2.40. The fourth-order valence-electron chi connectivity index (χ4n) is 4.38. The Bertz CT molecular complexity index is 737. The maximum atomic E-state index is 12.6. The normalized spacial score (nSPS) is 28.5. The van der Waals surface area contributed by atoms with Crippen LogP contribution >= 0.6 is 0 Å². The first-order valence-electron chi connectivity index (χ1n) is 12.1. The number of esters is 1. The third-order valence-electron chi connectivity index (χ3n) is 5.90. The third kappa shape index (κ3) is 8.89. The van der Waals surface area contributed by atoms with Crippen molar-refractivity contribution in [3.63, 3.8) is 0 Å². The number of hydrogen-bond donors (Lipinski definition) is 2. The number of rotatable bonds is 10. The number of fused-ring (bicyclic) bond motifs is 1. The van der Waals surface area contributed by atoms with E-state index in [-0.39, 0.29) is 36.7 Å². The van der Waals surface area contributed by atoms with Gasteiger partial charge >= 0.3 is 12.1 Å². The van der Waals surface area contributed by atoms with E-state index in [9.17, 15) is 14.4 Å². The second-order valence-electron chi connectivity index (χ2n) is 10.4. The van der Waals surface area contributed by atoms with Gasteiger partial charge in [-0.25, -0.2) is 4.79 Å². The van der Waals surface area contributed by atoms with E-state index in [0.717, 1.165) is 0 Å². The maximum absolute atomic E-state index is 12.6. The standard InChI is InChI=1S/C24H42N2O9/c1-14-18(32-21-20(19(14)31-8)33-24(5,6)34-21)15(26-22(29)35-23(2,3)4)11-12-16(27)25-13-9-10-17(28)30-7/h14-15,18-21H,9-13H2,1-8H3,(H,25,27)(H,26,29)/t14-,15-,18?,19+,20-,21-/m1/s1. The molecule has 0 bridgehead atoms. The largest absolute Gasteiger partial charge is 0.469 e. The molecular formula is C24H42N2O9. The smallest absolute Gasteiger partial charge is 0.407 e. The molecule has 0 radical (unpaired) electrons. The number of ether oxygens (including phenoxy) is 6. The second kappa shape index (κ2) is 12.3. The molecule has 11 nitrogen and oxygen atoms in total. The molecule has 202 valence electrons. The molecule has 2 rings (SSSR count). The van der Waals surface area contributed by atoms with E-state index in [1.807, 2.05) is 20.8 Å². The summed E-state index contributed by atoms with van der Waals surface area (Å²) < 4.78 is 34.0. The van der Waals surface area contributed by atoms with E-state index < -0.39 is 42.0 Å². The monoisotopic (exact) mass is 502 g/mol. The summed E-state index contributed by atoms with van der Waals surface area (Å²) in [5, 5.41) is 5.67. The molecule has 0 spiro atoms. The summed E-state index contributed by atoms with van der Waals surface area (Å²) in [6.07, 6.45) is -1.40. The number of carbonyl (C=O) groups is 3. The molecule has 6 atom stereocenters. The molecule has 2 saturated heterocycles. The zero-order valence-electron chi connectivity index (χ0n) is 22.2. The molecular weight excluding hydrogens is 460 g/mol. The van der Waals surface area contributed by atoms with Crippen molar-refractivity contribution in [1.29, 1.82) is 0 Å². The number of nitrogens with one attached hydrogen (secondary N) is 2. The predicted molar refractivity (Wildman–Crippen MR) is 125 cm³/mol. The van der Waals surface area contributed by atoms with Gasteiger partial charge in [-0.1, -0.05) is 6.92 Å². The number of carbonyl (C=O) groups excluding carboxylic acids is 3. The lowest BCUT2D eigenvalue weighted by Crippen LogP contribution is -2.59. The Hall–Kier alpha value is -1.95. The van der Waals surface area contributed by atoms with Crippen LogP contribution in [0.25, 0.3) is 0 Å². The quantitative estimate of drug-likeness (QED) is 0.341. The van der Waals surface area contributed by atoms with E-state index in [0.29, 0.717) is 19.4 Å². The minimum absolute atomic E-state index is 0.139. The Morgan fingerprint density at radius 3 is 2.37 bits per heavy atom. The van der Waals surface area contributed by atoms with Crippen LogP contribution in [0.5, 0.6) is 0 Å². The Balaban J connectivity index is 2.08. The third-order valence-corrected chi connectivity index (χ3v) is 5.90. The van der Waals surface area contributed by atoms with Crippen LogP contribution in [0.4, 0.5) is 4.79 Å².